The summed E-state index contributed by atoms with van der Waals surface area (Å²) >= 11 is 0. The Kier molecular flexibility index (Phi) is 4.14. The zero-order valence-electron chi connectivity index (χ0n) is 11.9. The molecule has 3 rings (SSSR count). The van der Waals surface area contributed by atoms with Gasteiger partial charge in [-0.05, 0) is 12.8 Å². The van der Waals surface area contributed by atoms with Crippen LogP contribution in [0.5, 0.6) is 11.5 Å². The first-order chi connectivity index (χ1) is 10.3. The normalized spacial score (nSPS) is 13.1. The predicted molar refractivity (Wildman–Crippen MR) is 81.8 cm³/mol. The number of nitrogens with one attached hydrogen (secondary N) is 1. The lowest BCUT2D eigenvalue weighted by Gasteiger charge is -2.20. The molecule has 0 radical (unpaired) electrons. The van der Waals surface area contributed by atoms with Crippen molar-refractivity contribution in [3.05, 3.63) is 30.9 Å². The fourth-order valence-corrected chi connectivity index (χ4v) is 2.32. The van der Waals surface area contributed by atoms with E-state index >= 15 is 0 Å². The van der Waals surface area contributed by atoms with E-state index in [0.29, 0.717) is 18.9 Å². The molecule has 0 bridgehead atoms. The number of nitrogens with two attached hydrogens (primary N) is 1. The molecule has 0 fully saturated rings. The van der Waals surface area contributed by atoms with Gasteiger partial charge in [-0.2, -0.15) is 0 Å². The van der Waals surface area contributed by atoms with Gasteiger partial charge in [-0.1, -0.05) is 0 Å². The summed E-state index contributed by atoms with van der Waals surface area (Å²) in [5, 5.41) is 3.36. The van der Waals surface area contributed by atoms with Crippen molar-refractivity contribution >= 4 is 11.4 Å². The van der Waals surface area contributed by atoms with Crippen LogP contribution in [0, 0.1) is 0 Å². The number of benzene rings is 1. The molecule has 0 spiro atoms. The van der Waals surface area contributed by atoms with E-state index < -0.39 is 0 Å². The van der Waals surface area contributed by atoms with Gasteiger partial charge in [0.2, 0.25) is 0 Å². The lowest BCUT2D eigenvalue weighted by Crippen LogP contribution is -2.16. The van der Waals surface area contributed by atoms with E-state index in [-0.39, 0.29) is 0 Å². The summed E-state index contributed by atoms with van der Waals surface area (Å²) in [5.41, 5.74) is 7.62. The molecule has 0 amide bonds. The van der Waals surface area contributed by atoms with E-state index in [1.807, 2.05) is 24.7 Å². The van der Waals surface area contributed by atoms with Gasteiger partial charge in [0, 0.05) is 37.6 Å². The van der Waals surface area contributed by atoms with Crippen LogP contribution in [0.4, 0.5) is 11.4 Å². The average molecular weight is 288 g/mol. The standard InChI is InChI=1S/C15H20N4O2/c16-12-9-14-15(21-8-7-20-14)10-13(12)18-3-1-2-5-19-6-4-17-11-19/h4,6,9-11,18H,1-3,5,7-8,16H2. The number of ether oxygens (including phenoxy) is 2. The number of nitrogens with zero attached hydrogens (tertiary/aromatic N) is 2. The molecular formula is C15H20N4O2. The highest BCUT2D eigenvalue weighted by molar-refractivity contribution is 5.72. The molecule has 2 aromatic rings. The Morgan fingerprint density at radius 1 is 1.19 bits per heavy atom. The third kappa shape index (κ3) is 3.39. The molecule has 0 saturated carbocycles. The maximum atomic E-state index is 6.03. The van der Waals surface area contributed by atoms with Crippen molar-refractivity contribution in [1.82, 2.24) is 9.55 Å². The summed E-state index contributed by atoms with van der Waals surface area (Å²) in [7, 11) is 0. The van der Waals surface area contributed by atoms with Gasteiger partial charge in [0.15, 0.2) is 11.5 Å². The number of hydrogen-bond donors (Lipinski definition) is 2. The van der Waals surface area contributed by atoms with Crippen LogP contribution in [0.2, 0.25) is 0 Å². The van der Waals surface area contributed by atoms with Crippen LogP contribution in [0.3, 0.4) is 0 Å². The molecule has 0 unspecified atom stereocenters. The van der Waals surface area contributed by atoms with Crippen molar-refractivity contribution in [1.29, 1.82) is 0 Å². The van der Waals surface area contributed by atoms with Crippen molar-refractivity contribution < 1.29 is 9.47 Å². The van der Waals surface area contributed by atoms with Gasteiger partial charge in [0.1, 0.15) is 13.2 Å². The maximum Gasteiger partial charge on any atom is 0.163 e. The Morgan fingerprint density at radius 3 is 2.76 bits per heavy atom. The summed E-state index contributed by atoms with van der Waals surface area (Å²) in [4.78, 5) is 4.03. The lowest BCUT2D eigenvalue weighted by atomic mass is 10.2. The van der Waals surface area contributed by atoms with Gasteiger partial charge in [0.05, 0.1) is 17.7 Å². The Labute approximate surface area is 123 Å². The van der Waals surface area contributed by atoms with E-state index in [0.717, 1.165) is 43.1 Å². The molecule has 0 aliphatic carbocycles. The second kappa shape index (κ2) is 6.39. The molecule has 1 aromatic carbocycles. The van der Waals surface area contributed by atoms with Gasteiger partial charge in [-0.3, -0.25) is 0 Å². The molecule has 21 heavy (non-hydrogen) atoms. The van der Waals surface area contributed by atoms with Crippen LogP contribution in [0.1, 0.15) is 12.8 Å². The molecule has 0 atom stereocenters. The molecule has 6 heteroatoms. The topological polar surface area (TPSA) is 74.3 Å². The van der Waals surface area contributed by atoms with Crippen LogP contribution in [-0.4, -0.2) is 29.3 Å². The molecule has 0 saturated heterocycles. The summed E-state index contributed by atoms with van der Waals surface area (Å²) < 4.78 is 13.1. The first kappa shape index (κ1) is 13.6. The Bertz CT molecular complexity index is 584. The summed E-state index contributed by atoms with van der Waals surface area (Å²) in [6.45, 7) is 3.02. The summed E-state index contributed by atoms with van der Waals surface area (Å²) in [5.74, 6) is 1.49. The molecule has 6 nitrogen and oxygen atoms in total. The number of imidazole rings is 1. The number of nitrogen functional groups attached to an aromatic ring is 1. The van der Waals surface area contributed by atoms with Gasteiger partial charge in [-0.25, -0.2) is 4.98 Å². The zero-order chi connectivity index (χ0) is 14.5. The summed E-state index contributed by atoms with van der Waals surface area (Å²) in [6, 6.07) is 3.74. The van der Waals surface area contributed by atoms with Crippen molar-refractivity contribution in [2.24, 2.45) is 0 Å². The molecule has 1 aliphatic rings. The van der Waals surface area contributed by atoms with Crippen LogP contribution < -0.4 is 20.5 Å². The van der Waals surface area contributed by atoms with Gasteiger partial charge in [-0.15, -0.1) is 0 Å². The Morgan fingerprint density at radius 2 is 2.00 bits per heavy atom. The fourth-order valence-electron chi connectivity index (χ4n) is 2.32. The highest BCUT2D eigenvalue weighted by atomic mass is 16.6. The zero-order valence-corrected chi connectivity index (χ0v) is 11.9. The number of aryl methyl sites for hydroxylation is 1. The molecule has 1 aromatic heterocycles. The van der Waals surface area contributed by atoms with Gasteiger partial charge < -0.3 is 25.1 Å². The van der Waals surface area contributed by atoms with E-state index in [1.54, 1.807) is 6.20 Å². The molecule has 1 aliphatic heterocycles. The lowest BCUT2D eigenvalue weighted by molar-refractivity contribution is 0.172. The van der Waals surface area contributed by atoms with Crippen molar-refractivity contribution in [3.63, 3.8) is 0 Å². The minimum atomic E-state index is 0.577. The quantitative estimate of drug-likeness (QED) is 0.629. The van der Waals surface area contributed by atoms with E-state index in [1.165, 1.54) is 0 Å². The molecule has 3 N–H and O–H groups in total. The maximum absolute atomic E-state index is 6.03. The minimum Gasteiger partial charge on any atom is -0.486 e. The monoisotopic (exact) mass is 288 g/mol. The highest BCUT2D eigenvalue weighted by Gasteiger charge is 2.14. The van der Waals surface area contributed by atoms with E-state index in [4.69, 9.17) is 15.2 Å². The first-order valence-corrected chi connectivity index (χ1v) is 7.21. The number of unbranched alkanes of at least 4 members (excludes halogenated alkanes) is 1. The molecule has 112 valence electrons. The average Bonchev–Trinajstić information content (AvgIpc) is 3.00. The van der Waals surface area contributed by atoms with Crippen LogP contribution in [0.25, 0.3) is 0 Å². The number of hydrogen-bond acceptors (Lipinski definition) is 5. The van der Waals surface area contributed by atoms with Crippen molar-refractivity contribution in [3.8, 4) is 11.5 Å². The molecule has 2 heterocycles. The smallest absolute Gasteiger partial charge is 0.163 e. The second-order valence-electron chi connectivity index (χ2n) is 5.02. The Balaban J connectivity index is 1.48. The number of rotatable bonds is 6. The largest absolute Gasteiger partial charge is 0.486 e. The van der Waals surface area contributed by atoms with Crippen LogP contribution in [0.15, 0.2) is 30.9 Å². The molecular weight excluding hydrogens is 268 g/mol. The van der Waals surface area contributed by atoms with Gasteiger partial charge in [0.25, 0.3) is 0 Å². The van der Waals surface area contributed by atoms with Crippen LogP contribution in [-0.2, 0) is 6.54 Å². The Hall–Kier alpha value is -2.37. The second-order valence-corrected chi connectivity index (χ2v) is 5.02. The first-order valence-electron chi connectivity index (χ1n) is 7.21. The van der Waals surface area contributed by atoms with Gasteiger partial charge >= 0.3 is 0 Å². The van der Waals surface area contributed by atoms with E-state index in [2.05, 4.69) is 14.9 Å². The van der Waals surface area contributed by atoms with Crippen molar-refractivity contribution in [2.75, 3.05) is 30.8 Å². The SMILES string of the molecule is Nc1cc2c(cc1NCCCCn1ccnc1)OCCO2. The fraction of sp³-hybridized carbons (Fsp3) is 0.400. The number of aromatic nitrogens is 2. The number of fused-ring (bicyclic) bond motifs is 1. The summed E-state index contributed by atoms with van der Waals surface area (Å²) in [6.07, 6.45) is 7.77. The predicted octanol–water partition coefficient (Wildman–Crippen LogP) is 2.13. The van der Waals surface area contributed by atoms with Crippen LogP contribution >= 0.6 is 0 Å². The minimum absolute atomic E-state index is 0.577. The number of anilines is 2. The third-order valence-electron chi connectivity index (χ3n) is 3.43. The third-order valence-corrected chi connectivity index (χ3v) is 3.43. The highest BCUT2D eigenvalue weighted by Crippen LogP contribution is 2.36. The van der Waals surface area contributed by atoms with E-state index in [9.17, 15) is 0 Å². The van der Waals surface area contributed by atoms with Crippen molar-refractivity contribution in [2.45, 2.75) is 19.4 Å².